The number of piperidine rings is 1. The van der Waals surface area contributed by atoms with Crippen molar-refractivity contribution < 1.29 is 14.6 Å². The number of ether oxygens (including phenoxy) is 1. The number of esters is 1. The number of nitrogen functional groups attached to an aromatic ring is 1. The molecule has 5 nitrogen and oxygen atoms in total. The van der Waals surface area contributed by atoms with E-state index in [1.54, 1.807) is 6.07 Å². The van der Waals surface area contributed by atoms with Crippen molar-refractivity contribution >= 4 is 27.6 Å². The van der Waals surface area contributed by atoms with Gasteiger partial charge in [0.25, 0.3) is 0 Å². The summed E-state index contributed by atoms with van der Waals surface area (Å²) in [5, 5.41) is 8.74. The number of nitrogens with two attached hydrogens (primary N) is 1. The first kappa shape index (κ1) is 18.2. The van der Waals surface area contributed by atoms with Crippen molar-refractivity contribution in [3.05, 3.63) is 27.7 Å². The predicted octanol–water partition coefficient (Wildman–Crippen LogP) is 2.95. The summed E-state index contributed by atoms with van der Waals surface area (Å²) in [7, 11) is 0. The van der Waals surface area contributed by atoms with Gasteiger partial charge in [0.1, 0.15) is 0 Å². The van der Waals surface area contributed by atoms with E-state index < -0.39 is 0 Å². The minimum atomic E-state index is -0.344. The van der Waals surface area contributed by atoms with Gasteiger partial charge in [0.15, 0.2) is 0 Å². The summed E-state index contributed by atoms with van der Waals surface area (Å²) in [6.07, 6.45) is 5.02. The van der Waals surface area contributed by atoms with Gasteiger partial charge in [-0.2, -0.15) is 0 Å². The molecule has 0 amide bonds. The molecule has 0 aromatic heterocycles. The second-order valence-electron chi connectivity index (χ2n) is 5.93. The fourth-order valence-electron chi connectivity index (χ4n) is 2.74. The standard InChI is InChI=1S/C17H25BrN2O3/c18-15-11-13(17(22)23-9-5-4-8-21)10-14(16(15)19)12-20-6-2-1-3-7-20/h10-11,21H,1-9,12,19H2. The molecule has 3 N–H and O–H groups in total. The SMILES string of the molecule is Nc1c(Br)cc(C(=O)OCCCCO)cc1CN1CCCCC1. The van der Waals surface area contributed by atoms with Crippen LogP contribution in [0.4, 0.5) is 5.69 Å². The minimum Gasteiger partial charge on any atom is -0.462 e. The Kier molecular flexibility index (Phi) is 7.33. The lowest BCUT2D eigenvalue weighted by Gasteiger charge is -2.27. The lowest BCUT2D eigenvalue weighted by Crippen LogP contribution is -2.29. The summed E-state index contributed by atoms with van der Waals surface area (Å²) >= 11 is 3.44. The van der Waals surface area contributed by atoms with Crippen molar-refractivity contribution in [3.63, 3.8) is 0 Å². The van der Waals surface area contributed by atoms with Crippen molar-refractivity contribution in [1.29, 1.82) is 0 Å². The number of benzene rings is 1. The number of nitrogens with zero attached hydrogens (tertiary/aromatic N) is 1. The molecule has 1 aliphatic rings. The number of rotatable bonds is 7. The Hall–Kier alpha value is -1.11. The van der Waals surface area contributed by atoms with Crippen LogP contribution in [0.1, 0.15) is 48.0 Å². The van der Waals surface area contributed by atoms with E-state index >= 15 is 0 Å². The normalized spacial score (nSPS) is 15.6. The molecule has 128 valence electrons. The molecule has 2 rings (SSSR count). The first-order valence-electron chi connectivity index (χ1n) is 8.20. The molecule has 1 aromatic rings. The van der Waals surface area contributed by atoms with Crippen molar-refractivity contribution in [3.8, 4) is 0 Å². The van der Waals surface area contributed by atoms with Crippen molar-refractivity contribution in [2.75, 3.05) is 32.0 Å². The Balaban J connectivity index is 2.04. The van der Waals surface area contributed by atoms with Crippen LogP contribution >= 0.6 is 15.9 Å². The van der Waals surface area contributed by atoms with Crippen LogP contribution in [0.25, 0.3) is 0 Å². The number of aliphatic hydroxyl groups excluding tert-OH is 1. The molecular weight excluding hydrogens is 360 g/mol. The molecule has 0 unspecified atom stereocenters. The number of hydrogen-bond donors (Lipinski definition) is 2. The molecule has 1 saturated heterocycles. The van der Waals surface area contributed by atoms with Crippen LogP contribution in [0, 0.1) is 0 Å². The summed E-state index contributed by atoms with van der Waals surface area (Å²) < 4.78 is 5.98. The lowest BCUT2D eigenvalue weighted by molar-refractivity contribution is 0.0492. The number of halogens is 1. The van der Waals surface area contributed by atoms with Crippen LogP contribution in [0.2, 0.25) is 0 Å². The van der Waals surface area contributed by atoms with E-state index in [2.05, 4.69) is 20.8 Å². The number of anilines is 1. The second kappa shape index (κ2) is 9.25. The van der Waals surface area contributed by atoms with Gasteiger partial charge in [-0.25, -0.2) is 4.79 Å². The number of likely N-dealkylation sites (tertiary alicyclic amines) is 1. The van der Waals surface area contributed by atoms with Crippen LogP contribution in [0.5, 0.6) is 0 Å². The molecule has 23 heavy (non-hydrogen) atoms. The van der Waals surface area contributed by atoms with Crippen LogP contribution in [-0.4, -0.2) is 42.3 Å². The molecule has 0 spiro atoms. The Morgan fingerprint density at radius 1 is 1.26 bits per heavy atom. The van der Waals surface area contributed by atoms with Gasteiger partial charge >= 0.3 is 5.97 Å². The first-order chi connectivity index (χ1) is 11.1. The molecule has 0 radical (unpaired) electrons. The predicted molar refractivity (Wildman–Crippen MR) is 94.3 cm³/mol. The highest BCUT2D eigenvalue weighted by Crippen LogP contribution is 2.28. The number of aliphatic hydroxyl groups is 1. The van der Waals surface area contributed by atoms with Crippen molar-refractivity contribution in [2.24, 2.45) is 0 Å². The zero-order valence-electron chi connectivity index (χ0n) is 13.4. The zero-order chi connectivity index (χ0) is 16.7. The highest BCUT2D eigenvalue weighted by atomic mass is 79.9. The topological polar surface area (TPSA) is 75.8 Å². The molecule has 0 aliphatic carbocycles. The Morgan fingerprint density at radius 2 is 2.00 bits per heavy atom. The van der Waals surface area contributed by atoms with Gasteiger partial charge in [-0.1, -0.05) is 6.42 Å². The van der Waals surface area contributed by atoms with Gasteiger partial charge < -0.3 is 15.6 Å². The maximum absolute atomic E-state index is 12.2. The Bertz CT molecular complexity index is 531. The third-order valence-corrected chi connectivity index (χ3v) is 4.74. The van der Waals surface area contributed by atoms with E-state index in [1.165, 1.54) is 19.3 Å². The van der Waals surface area contributed by atoms with E-state index in [-0.39, 0.29) is 12.6 Å². The van der Waals surface area contributed by atoms with Gasteiger partial charge in [0.2, 0.25) is 0 Å². The maximum atomic E-state index is 12.2. The third kappa shape index (κ3) is 5.48. The van der Waals surface area contributed by atoms with Crippen LogP contribution in [0.15, 0.2) is 16.6 Å². The molecule has 0 bridgehead atoms. The third-order valence-electron chi connectivity index (χ3n) is 4.08. The van der Waals surface area contributed by atoms with E-state index in [9.17, 15) is 4.79 Å². The molecule has 6 heteroatoms. The molecule has 1 aromatic carbocycles. The average Bonchev–Trinajstić information content (AvgIpc) is 2.56. The van der Waals surface area contributed by atoms with Crippen molar-refractivity contribution in [1.82, 2.24) is 4.90 Å². The van der Waals surface area contributed by atoms with Crippen molar-refractivity contribution in [2.45, 2.75) is 38.6 Å². The van der Waals surface area contributed by atoms with E-state index in [0.29, 0.717) is 30.7 Å². The lowest BCUT2D eigenvalue weighted by atomic mass is 10.1. The summed E-state index contributed by atoms with van der Waals surface area (Å²) in [5.41, 5.74) is 8.32. The fraction of sp³-hybridized carbons (Fsp3) is 0.588. The molecule has 0 atom stereocenters. The number of hydrogen-bond acceptors (Lipinski definition) is 5. The smallest absolute Gasteiger partial charge is 0.338 e. The summed E-state index contributed by atoms with van der Waals surface area (Å²) in [6.45, 7) is 3.35. The van der Waals surface area contributed by atoms with Crippen LogP contribution in [-0.2, 0) is 11.3 Å². The van der Waals surface area contributed by atoms with Gasteiger partial charge in [-0.05, 0) is 72.4 Å². The number of carbonyl (C=O) groups is 1. The van der Waals surface area contributed by atoms with Gasteiger partial charge in [0.05, 0.1) is 17.9 Å². The fourth-order valence-corrected chi connectivity index (χ4v) is 3.25. The molecular formula is C17H25BrN2O3. The molecule has 1 fully saturated rings. The quantitative estimate of drug-likeness (QED) is 0.429. The highest BCUT2D eigenvalue weighted by Gasteiger charge is 2.16. The second-order valence-corrected chi connectivity index (χ2v) is 6.79. The van der Waals surface area contributed by atoms with E-state index in [0.717, 1.165) is 29.7 Å². The zero-order valence-corrected chi connectivity index (χ0v) is 15.0. The number of carbonyl (C=O) groups excluding carboxylic acids is 1. The molecule has 1 aliphatic heterocycles. The minimum absolute atomic E-state index is 0.116. The Morgan fingerprint density at radius 3 is 2.70 bits per heavy atom. The summed E-state index contributed by atoms with van der Waals surface area (Å²) in [6, 6.07) is 3.55. The summed E-state index contributed by atoms with van der Waals surface area (Å²) in [4.78, 5) is 14.5. The molecule has 0 saturated carbocycles. The van der Waals surface area contributed by atoms with Gasteiger partial charge in [-0.15, -0.1) is 0 Å². The van der Waals surface area contributed by atoms with Crippen LogP contribution < -0.4 is 5.73 Å². The van der Waals surface area contributed by atoms with E-state index in [4.69, 9.17) is 15.6 Å². The highest BCUT2D eigenvalue weighted by molar-refractivity contribution is 9.10. The molecule has 1 heterocycles. The monoisotopic (exact) mass is 384 g/mol. The first-order valence-corrected chi connectivity index (χ1v) is 8.99. The largest absolute Gasteiger partial charge is 0.462 e. The maximum Gasteiger partial charge on any atom is 0.338 e. The summed E-state index contributed by atoms with van der Waals surface area (Å²) in [5.74, 6) is -0.344. The van der Waals surface area contributed by atoms with E-state index in [1.807, 2.05) is 6.07 Å². The average molecular weight is 385 g/mol. The number of unbranched alkanes of at least 4 members (excludes halogenated alkanes) is 1. The Labute approximate surface area is 145 Å². The van der Waals surface area contributed by atoms with Gasteiger partial charge in [-0.3, -0.25) is 4.90 Å². The van der Waals surface area contributed by atoms with Crippen LogP contribution in [0.3, 0.4) is 0 Å². The van der Waals surface area contributed by atoms with Gasteiger partial charge in [0, 0.05) is 17.6 Å².